The van der Waals surface area contributed by atoms with Gasteiger partial charge < -0.3 is 10.2 Å². The fraction of sp³-hybridized carbons (Fsp3) is 0.444. The van der Waals surface area contributed by atoms with E-state index in [2.05, 4.69) is 21.3 Å². The second kappa shape index (κ2) is 2.12. The first kappa shape index (κ1) is 6.29. The lowest BCUT2D eigenvalue weighted by Gasteiger charge is -2.27. The van der Waals surface area contributed by atoms with Gasteiger partial charge in [-0.2, -0.15) is 0 Å². The summed E-state index contributed by atoms with van der Waals surface area (Å²) in [5.74, 6) is 0. The molecule has 62 valence electrons. The maximum atomic E-state index is 4.37. The van der Waals surface area contributed by atoms with Crippen molar-refractivity contribution in [3.63, 3.8) is 0 Å². The number of nitrogens with zero attached hydrogens (tertiary/aromatic N) is 2. The normalized spacial score (nSPS) is 18.8. The van der Waals surface area contributed by atoms with Crippen LogP contribution in [0.15, 0.2) is 12.3 Å². The van der Waals surface area contributed by atoms with Crippen LogP contribution in [0.2, 0.25) is 0 Å². The Morgan fingerprint density at radius 2 is 2.42 bits per heavy atom. The van der Waals surface area contributed by atoms with Crippen LogP contribution in [0.25, 0.3) is 0 Å². The van der Waals surface area contributed by atoms with E-state index < -0.39 is 0 Å². The smallest absolute Gasteiger partial charge is 0.0822 e. The number of rotatable bonds is 0. The average molecular weight is 161 g/mol. The molecule has 0 aliphatic carbocycles. The molecular formula is C9H11N3. The molecule has 3 rings (SSSR count). The molecule has 0 amide bonds. The molecule has 0 aromatic carbocycles. The Balaban J connectivity index is 2.23. The predicted octanol–water partition coefficient (Wildman–Crippen LogP) is 0.870. The quantitative estimate of drug-likeness (QED) is 0.612. The lowest BCUT2D eigenvalue weighted by atomic mass is 10.2. The minimum atomic E-state index is 1.07. The Kier molecular flexibility index (Phi) is 1.11. The molecule has 0 fully saturated rings. The molecule has 0 saturated carbocycles. The molecule has 3 heterocycles. The fourth-order valence-corrected chi connectivity index (χ4v) is 2.08. The summed E-state index contributed by atoms with van der Waals surface area (Å²) in [7, 11) is 0. The molecule has 1 aromatic heterocycles. The Morgan fingerprint density at radius 1 is 1.42 bits per heavy atom. The van der Waals surface area contributed by atoms with Crippen LogP contribution in [-0.4, -0.2) is 24.6 Å². The third kappa shape index (κ3) is 0.682. The molecule has 1 aromatic rings. The third-order valence-electron chi connectivity index (χ3n) is 2.63. The van der Waals surface area contributed by atoms with E-state index in [9.17, 15) is 0 Å². The molecule has 1 N–H and O–H groups in total. The molecule has 0 radical (unpaired) electrons. The van der Waals surface area contributed by atoms with Gasteiger partial charge in [0.2, 0.25) is 0 Å². The van der Waals surface area contributed by atoms with Gasteiger partial charge >= 0.3 is 0 Å². The van der Waals surface area contributed by atoms with Gasteiger partial charge in [-0.25, -0.2) is 0 Å². The molecule has 2 aliphatic rings. The molecule has 0 spiro atoms. The van der Waals surface area contributed by atoms with E-state index in [-0.39, 0.29) is 0 Å². The lowest BCUT2D eigenvalue weighted by molar-refractivity contribution is 0.823. The van der Waals surface area contributed by atoms with Crippen molar-refractivity contribution in [3.05, 3.63) is 18.0 Å². The monoisotopic (exact) mass is 161 g/mol. The zero-order chi connectivity index (χ0) is 7.97. The molecule has 0 unspecified atom stereocenters. The summed E-state index contributed by atoms with van der Waals surface area (Å²) in [6.45, 7) is 3.35. The van der Waals surface area contributed by atoms with Crippen LogP contribution in [0.4, 0.5) is 11.4 Å². The van der Waals surface area contributed by atoms with Crippen molar-refractivity contribution in [3.8, 4) is 0 Å². The molecule has 0 bridgehead atoms. The Labute approximate surface area is 71.4 Å². The van der Waals surface area contributed by atoms with E-state index >= 15 is 0 Å². The number of anilines is 2. The van der Waals surface area contributed by atoms with Crippen LogP contribution in [0, 0.1) is 0 Å². The van der Waals surface area contributed by atoms with Gasteiger partial charge in [-0.05, 0) is 6.07 Å². The zero-order valence-corrected chi connectivity index (χ0v) is 6.88. The van der Waals surface area contributed by atoms with Crippen LogP contribution < -0.4 is 10.2 Å². The molecule has 12 heavy (non-hydrogen) atoms. The van der Waals surface area contributed by atoms with Gasteiger partial charge in [0.1, 0.15) is 0 Å². The first-order valence-electron chi connectivity index (χ1n) is 4.42. The number of aromatic nitrogens is 1. The SMILES string of the molecule is c1cc2c3c(n1)CCN3CCN2. The minimum Gasteiger partial charge on any atom is -0.381 e. The zero-order valence-electron chi connectivity index (χ0n) is 6.88. The highest BCUT2D eigenvalue weighted by atomic mass is 15.2. The number of pyridine rings is 1. The van der Waals surface area contributed by atoms with Crippen molar-refractivity contribution in [2.45, 2.75) is 6.42 Å². The van der Waals surface area contributed by atoms with E-state index in [4.69, 9.17) is 0 Å². The van der Waals surface area contributed by atoms with E-state index in [0.717, 1.165) is 26.1 Å². The van der Waals surface area contributed by atoms with Gasteiger partial charge in [0.05, 0.1) is 17.1 Å². The number of hydrogen-bond acceptors (Lipinski definition) is 3. The maximum Gasteiger partial charge on any atom is 0.0822 e. The van der Waals surface area contributed by atoms with Crippen LogP contribution >= 0.6 is 0 Å². The van der Waals surface area contributed by atoms with Crippen LogP contribution in [0.1, 0.15) is 5.69 Å². The molecule has 2 aliphatic heterocycles. The van der Waals surface area contributed by atoms with E-state index in [1.54, 1.807) is 0 Å². The summed E-state index contributed by atoms with van der Waals surface area (Å²) in [6, 6.07) is 2.07. The van der Waals surface area contributed by atoms with Crippen molar-refractivity contribution in [1.82, 2.24) is 4.98 Å². The van der Waals surface area contributed by atoms with E-state index in [1.165, 1.54) is 17.1 Å². The average Bonchev–Trinajstić information content (AvgIpc) is 2.52. The predicted molar refractivity (Wildman–Crippen MR) is 48.6 cm³/mol. The minimum absolute atomic E-state index is 1.07. The van der Waals surface area contributed by atoms with E-state index in [1.807, 2.05) is 6.20 Å². The number of hydrogen-bond donors (Lipinski definition) is 1. The van der Waals surface area contributed by atoms with Crippen LogP contribution in [0.5, 0.6) is 0 Å². The van der Waals surface area contributed by atoms with Gasteiger partial charge in [-0.1, -0.05) is 0 Å². The Bertz CT molecular complexity index is 322. The highest BCUT2D eigenvalue weighted by Crippen LogP contribution is 2.35. The summed E-state index contributed by atoms with van der Waals surface area (Å²) in [5, 5.41) is 3.39. The molecule has 3 nitrogen and oxygen atoms in total. The van der Waals surface area contributed by atoms with Crippen molar-refractivity contribution in [2.75, 3.05) is 29.9 Å². The van der Waals surface area contributed by atoms with Crippen molar-refractivity contribution >= 4 is 11.4 Å². The van der Waals surface area contributed by atoms with Gasteiger partial charge in [0, 0.05) is 32.3 Å². The molecule has 0 atom stereocenters. The standard InChI is InChI=1S/C9H11N3/c1-3-10-8-2-5-12-6-4-11-7(1)9(8)12/h1,3,11H,2,4-6H2. The molecule has 3 heteroatoms. The van der Waals surface area contributed by atoms with Crippen molar-refractivity contribution in [1.29, 1.82) is 0 Å². The highest BCUT2D eigenvalue weighted by molar-refractivity contribution is 5.76. The largest absolute Gasteiger partial charge is 0.381 e. The Morgan fingerprint density at radius 3 is 3.42 bits per heavy atom. The van der Waals surface area contributed by atoms with Crippen molar-refractivity contribution < 1.29 is 0 Å². The van der Waals surface area contributed by atoms with Crippen molar-refractivity contribution in [2.24, 2.45) is 0 Å². The van der Waals surface area contributed by atoms with Crippen LogP contribution in [-0.2, 0) is 6.42 Å². The summed E-state index contributed by atoms with van der Waals surface area (Å²) in [4.78, 5) is 6.80. The fourth-order valence-electron chi connectivity index (χ4n) is 2.08. The van der Waals surface area contributed by atoms with Gasteiger partial charge in [0.25, 0.3) is 0 Å². The second-order valence-corrected chi connectivity index (χ2v) is 3.32. The Hall–Kier alpha value is -1.25. The first-order chi connectivity index (χ1) is 5.95. The summed E-state index contributed by atoms with van der Waals surface area (Å²) < 4.78 is 0. The third-order valence-corrected chi connectivity index (χ3v) is 2.63. The van der Waals surface area contributed by atoms with E-state index in [0.29, 0.717) is 0 Å². The topological polar surface area (TPSA) is 28.2 Å². The second-order valence-electron chi connectivity index (χ2n) is 3.32. The van der Waals surface area contributed by atoms with Gasteiger partial charge in [-0.3, -0.25) is 4.98 Å². The summed E-state index contributed by atoms with van der Waals surface area (Å²) in [6.07, 6.45) is 3.01. The highest BCUT2D eigenvalue weighted by Gasteiger charge is 2.25. The van der Waals surface area contributed by atoms with Crippen LogP contribution in [0.3, 0.4) is 0 Å². The molecule has 0 saturated heterocycles. The summed E-state index contributed by atoms with van der Waals surface area (Å²) in [5.41, 5.74) is 3.88. The van der Waals surface area contributed by atoms with Gasteiger partial charge in [-0.15, -0.1) is 0 Å². The maximum absolute atomic E-state index is 4.37. The summed E-state index contributed by atoms with van der Waals surface area (Å²) >= 11 is 0. The lowest BCUT2D eigenvalue weighted by Crippen LogP contribution is -2.31. The number of nitrogens with one attached hydrogen (secondary N) is 1. The first-order valence-corrected chi connectivity index (χ1v) is 4.42. The molecular weight excluding hydrogens is 150 g/mol. The van der Waals surface area contributed by atoms with Gasteiger partial charge in [0.15, 0.2) is 0 Å².